The summed E-state index contributed by atoms with van der Waals surface area (Å²) < 4.78 is 2.00. The predicted octanol–water partition coefficient (Wildman–Crippen LogP) is 1.18. The monoisotopic (exact) mass is 276 g/mol. The molecular formula is C15H24N4O. The first kappa shape index (κ1) is 13.6. The van der Waals surface area contributed by atoms with Gasteiger partial charge in [0.05, 0.1) is 12.7 Å². The molecule has 1 amide bonds. The summed E-state index contributed by atoms with van der Waals surface area (Å²) >= 11 is 0. The summed E-state index contributed by atoms with van der Waals surface area (Å²) in [6.07, 6.45) is 8.32. The van der Waals surface area contributed by atoms with E-state index in [0.29, 0.717) is 6.04 Å². The minimum Gasteiger partial charge on any atom is -0.353 e. The van der Waals surface area contributed by atoms with Crippen LogP contribution in [0.5, 0.6) is 0 Å². The molecule has 3 rings (SSSR count). The van der Waals surface area contributed by atoms with Crippen LogP contribution in [0.1, 0.15) is 31.2 Å². The molecule has 1 aromatic rings. The molecule has 5 nitrogen and oxygen atoms in total. The van der Waals surface area contributed by atoms with E-state index in [9.17, 15) is 4.79 Å². The lowest BCUT2D eigenvalue weighted by atomic mass is 9.96. The van der Waals surface area contributed by atoms with Crippen LogP contribution >= 0.6 is 0 Å². The van der Waals surface area contributed by atoms with E-state index in [4.69, 9.17) is 0 Å². The Bertz CT molecular complexity index is 458. The predicted molar refractivity (Wildman–Crippen MR) is 77.3 cm³/mol. The Morgan fingerprint density at radius 1 is 1.30 bits per heavy atom. The zero-order valence-corrected chi connectivity index (χ0v) is 12.2. The molecule has 0 radical (unpaired) electrons. The Morgan fingerprint density at radius 3 is 2.65 bits per heavy atom. The lowest BCUT2D eigenvalue weighted by molar-refractivity contribution is -0.126. The van der Waals surface area contributed by atoms with Gasteiger partial charge in [-0.05, 0) is 51.3 Å². The smallest absolute Gasteiger partial charge is 0.223 e. The molecule has 0 aromatic carbocycles. The maximum atomic E-state index is 12.0. The third kappa shape index (κ3) is 3.60. The molecular weight excluding hydrogens is 252 g/mol. The first-order valence-corrected chi connectivity index (χ1v) is 7.72. The van der Waals surface area contributed by atoms with Gasteiger partial charge in [0.25, 0.3) is 0 Å². The SMILES string of the molecule is Cc1cnn(CCN2CCC(C(=O)NC3CC3)CC2)c1. The highest BCUT2D eigenvalue weighted by atomic mass is 16.2. The fourth-order valence-electron chi connectivity index (χ4n) is 2.80. The fraction of sp³-hybridized carbons (Fsp3) is 0.733. The molecule has 1 saturated carbocycles. The Balaban J connectivity index is 1.38. The number of hydrogen-bond donors (Lipinski definition) is 1. The normalized spacial score (nSPS) is 21.1. The molecule has 1 aromatic heterocycles. The second-order valence-corrected chi connectivity index (χ2v) is 6.18. The second-order valence-electron chi connectivity index (χ2n) is 6.18. The highest BCUT2D eigenvalue weighted by Gasteiger charge is 2.29. The van der Waals surface area contributed by atoms with Crippen molar-refractivity contribution < 1.29 is 4.79 Å². The van der Waals surface area contributed by atoms with E-state index in [1.165, 1.54) is 18.4 Å². The van der Waals surface area contributed by atoms with E-state index in [1.54, 1.807) is 0 Å². The van der Waals surface area contributed by atoms with Crippen molar-refractivity contribution in [1.82, 2.24) is 20.0 Å². The van der Waals surface area contributed by atoms with Crippen molar-refractivity contribution in [1.29, 1.82) is 0 Å². The zero-order chi connectivity index (χ0) is 13.9. The van der Waals surface area contributed by atoms with Gasteiger partial charge in [0.2, 0.25) is 5.91 Å². The molecule has 5 heteroatoms. The molecule has 1 N–H and O–H groups in total. The highest BCUT2D eigenvalue weighted by molar-refractivity contribution is 5.79. The Morgan fingerprint density at radius 2 is 2.05 bits per heavy atom. The summed E-state index contributed by atoms with van der Waals surface area (Å²) in [6.45, 7) is 6.09. The molecule has 110 valence electrons. The van der Waals surface area contributed by atoms with Crippen molar-refractivity contribution in [3.8, 4) is 0 Å². The van der Waals surface area contributed by atoms with Crippen molar-refractivity contribution in [2.45, 2.75) is 45.2 Å². The van der Waals surface area contributed by atoms with E-state index in [-0.39, 0.29) is 11.8 Å². The molecule has 0 atom stereocenters. The number of likely N-dealkylation sites (tertiary alicyclic amines) is 1. The van der Waals surface area contributed by atoms with E-state index in [2.05, 4.69) is 28.4 Å². The molecule has 1 aliphatic carbocycles. The Kier molecular flexibility index (Phi) is 4.05. The largest absolute Gasteiger partial charge is 0.353 e. The number of nitrogens with one attached hydrogen (secondary N) is 1. The van der Waals surface area contributed by atoms with Crippen LogP contribution in [0.15, 0.2) is 12.4 Å². The quantitative estimate of drug-likeness (QED) is 0.878. The standard InChI is InChI=1S/C15H24N4O/c1-12-10-16-19(11-12)9-8-18-6-4-13(5-7-18)15(20)17-14-2-3-14/h10-11,13-14H,2-9H2,1H3,(H,17,20). The first-order chi connectivity index (χ1) is 9.70. The maximum absolute atomic E-state index is 12.0. The van der Waals surface area contributed by atoms with Gasteiger partial charge in [0, 0.05) is 24.7 Å². The van der Waals surface area contributed by atoms with Crippen LogP contribution in [0.3, 0.4) is 0 Å². The molecule has 2 heterocycles. The lowest BCUT2D eigenvalue weighted by Gasteiger charge is -2.31. The number of carbonyl (C=O) groups is 1. The number of aromatic nitrogens is 2. The van der Waals surface area contributed by atoms with Gasteiger partial charge in [-0.15, -0.1) is 0 Å². The molecule has 0 bridgehead atoms. The molecule has 2 aliphatic rings. The highest BCUT2D eigenvalue weighted by Crippen LogP contribution is 2.22. The van der Waals surface area contributed by atoms with Gasteiger partial charge in [-0.1, -0.05) is 0 Å². The fourth-order valence-corrected chi connectivity index (χ4v) is 2.80. The topological polar surface area (TPSA) is 50.2 Å². The van der Waals surface area contributed by atoms with Crippen LogP contribution in [0.4, 0.5) is 0 Å². The van der Waals surface area contributed by atoms with Crippen molar-refractivity contribution >= 4 is 5.91 Å². The molecule has 0 spiro atoms. The molecule has 0 unspecified atom stereocenters. The van der Waals surface area contributed by atoms with Gasteiger partial charge in [-0.2, -0.15) is 5.10 Å². The van der Waals surface area contributed by atoms with Gasteiger partial charge in [0.1, 0.15) is 0 Å². The van der Waals surface area contributed by atoms with E-state index in [1.807, 2.05) is 10.9 Å². The summed E-state index contributed by atoms with van der Waals surface area (Å²) in [5.41, 5.74) is 1.21. The minimum atomic E-state index is 0.235. The number of hydrogen-bond acceptors (Lipinski definition) is 3. The number of rotatable bonds is 5. The van der Waals surface area contributed by atoms with Gasteiger partial charge in [-0.25, -0.2) is 0 Å². The van der Waals surface area contributed by atoms with Gasteiger partial charge >= 0.3 is 0 Å². The first-order valence-electron chi connectivity index (χ1n) is 7.72. The summed E-state index contributed by atoms with van der Waals surface area (Å²) in [5, 5.41) is 7.44. The lowest BCUT2D eigenvalue weighted by Crippen LogP contribution is -2.42. The van der Waals surface area contributed by atoms with Crippen LogP contribution in [0.2, 0.25) is 0 Å². The average molecular weight is 276 g/mol. The van der Waals surface area contributed by atoms with Crippen LogP contribution in [-0.2, 0) is 11.3 Å². The summed E-state index contributed by atoms with van der Waals surface area (Å²) in [4.78, 5) is 14.4. The average Bonchev–Trinajstić information content (AvgIpc) is 3.17. The third-order valence-electron chi connectivity index (χ3n) is 4.29. The van der Waals surface area contributed by atoms with Crippen molar-refractivity contribution in [2.24, 2.45) is 5.92 Å². The van der Waals surface area contributed by atoms with Gasteiger partial charge in [0.15, 0.2) is 0 Å². The van der Waals surface area contributed by atoms with Crippen LogP contribution in [0, 0.1) is 12.8 Å². The molecule has 1 aliphatic heterocycles. The van der Waals surface area contributed by atoms with E-state index >= 15 is 0 Å². The van der Waals surface area contributed by atoms with Crippen molar-refractivity contribution in [3.63, 3.8) is 0 Å². The molecule has 2 fully saturated rings. The summed E-state index contributed by atoms with van der Waals surface area (Å²) in [7, 11) is 0. The second kappa shape index (κ2) is 5.95. The maximum Gasteiger partial charge on any atom is 0.223 e. The van der Waals surface area contributed by atoms with E-state index in [0.717, 1.165) is 39.0 Å². The number of piperidine rings is 1. The number of nitrogens with zero attached hydrogens (tertiary/aromatic N) is 3. The van der Waals surface area contributed by atoms with Crippen molar-refractivity contribution in [3.05, 3.63) is 18.0 Å². The van der Waals surface area contributed by atoms with Gasteiger partial charge < -0.3 is 10.2 Å². The van der Waals surface area contributed by atoms with Gasteiger partial charge in [-0.3, -0.25) is 9.48 Å². The van der Waals surface area contributed by atoms with E-state index < -0.39 is 0 Å². The minimum absolute atomic E-state index is 0.235. The third-order valence-corrected chi connectivity index (χ3v) is 4.29. The zero-order valence-electron chi connectivity index (χ0n) is 12.2. The number of aryl methyl sites for hydroxylation is 1. The van der Waals surface area contributed by atoms with Crippen LogP contribution < -0.4 is 5.32 Å². The molecule has 20 heavy (non-hydrogen) atoms. The van der Waals surface area contributed by atoms with Crippen LogP contribution in [-0.4, -0.2) is 46.3 Å². The summed E-state index contributed by atoms with van der Waals surface area (Å²) in [6, 6.07) is 0.489. The Labute approximate surface area is 120 Å². The van der Waals surface area contributed by atoms with Crippen LogP contribution in [0.25, 0.3) is 0 Å². The Hall–Kier alpha value is -1.36. The number of carbonyl (C=O) groups excluding carboxylic acids is 1. The molecule has 1 saturated heterocycles. The van der Waals surface area contributed by atoms with Crippen molar-refractivity contribution in [2.75, 3.05) is 19.6 Å². The summed E-state index contributed by atoms with van der Waals surface area (Å²) in [5.74, 6) is 0.522. The number of amides is 1.